The van der Waals surface area contributed by atoms with Crippen LogP contribution < -0.4 is 4.90 Å². The van der Waals surface area contributed by atoms with Crippen LogP contribution in [0.4, 0.5) is 11.4 Å². The number of aromatic nitrogens is 1. The van der Waals surface area contributed by atoms with Crippen LogP contribution in [0.15, 0.2) is 47.1 Å². The minimum absolute atomic E-state index is 0.0731. The lowest BCUT2D eigenvalue weighted by Crippen LogP contribution is -2.49. The van der Waals surface area contributed by atoms with Crippen LogP contribution in [-0.2, 0) is 0 Å². The number of benzene rings is 1. The predicted octanol–water partition coefficient (Wildman–Crippen LogP) is 3.58. The van der Waals surface area contributed by atoms with Gasteiger partial charge in [0.05, 0.1) is 11.2 Å². The zero-order chi connectivity index (χ0) is 19.7. The molecule has 0 saturated carbocycles. The fourth-order valence-corrected chi connectivity index (χ4v) is 4.08. The molecule has 0 bridgehead atoms. The van der Waals surface area contributed by atoms with Gasteiger partial charge >= 0.3 is 0 Å². The zero-order valence-electron chi connectivity index (χ0n) is 15.2. The Hall–Kier alpha value is -3.20. The SMILES string of the molecule is Cc1sc(-c2ccco2)nc1C(=O)N1CCN(c2ccc([N+](=O)[O-])cc2)CC1. The minimum Gasteiger partial charge on any atom is -0.462 e. The zero-order valence-corrected chi connectivity index (χ0v) is 16.0. The Morgan fingerprint density at radius 1 is 1.18 bits per heavy atom. The summed E-state index contributed by atoms with van der Waals surface area (Å²) in [5, 5.41) is 11.5. The lowest BCUT2D eigenvalue weighted by molar-refractivity contribution is -0.384. The number of aryl methyl sites for hydroxylation is 1. The molecule has 3 aromatic rings. The number of carbonyl (C=O) groups is 1. The molecule has 3 heterocycles. The Bertz CT molecular complexity index is 990. The van der Waals surface area contributed by atoms with Gasteiger partial charge < -0.3 is 14.2 Å². The molecule has 4 rings (SSSR count). The predicted molar refractivity (Wildman–Crippen MR) is 106 cm³/mol. The highest BCUT2D eigenvalue weighted by Gasteiger charge is 2.26. The summed E-state index contributed by atoms with van der Waals surface area (Å²) in [6, 6.07) is 10.1. The van der Waals surface area contributed by atoms with E-state index >= 15 is 0 Å². The third-order valence-electron chi connectivity index (χ3n) is 4.72. The van der Waals surface area contributed by atoms with Crippen LogP contribution in [0.3, 0.4) is 0 Å². The second-order valence-electron chi connectivity index (χ2n) is 6.45. The topological polar surface area (TPSA) is 92.7 Å². The van der Waals surface area contributed by atoms with Crippen LogP contribution in [0.25, 0.3) is 10.8 Å². The largest absolute Gasteiger partial charge is 0.462 e. The Balaban J connectivity index is 1.42. The van der Waals surface area contributed by atoms with E-state index in [1.165, 1.54) is 23.5 Å². The van der Waals surface area contributed by atoms with Gasteiger partial charge in [0.15, 0.2) is 10.8 Å². The summed E-state index contributed by atoms with van der Waals surface area (Å²) in [5.74, 6) is 0.588. The van der Waals surface area contributed by atoms with E-state index < -0.39 is 4.92 Å². The average Bonchev–Trinajstić information content (AvgIpc) is 3.37. The van der Waals surface area contributed by atoms with E-state index in [-0.39, 0.29) is 11.6 Å². The van der Waals surface area contributed by atoms with Gasteiger partial charge in [0.1, 0.15) is 5.69 Å². The normalized spacial score (nSPS) is 14.3. The fourth-order valence-electron chi connectivity index (χ4n) is 3.20. The first-order valence-electron chi connectivity index (χ1n) is 8.83. The van der Waals surface area contributed by atoms with Crippen molar-refractivity contribution >= 4 is 28.6 Å². The molecule has 0 spiro atoms. The molecule has 1 aromatic carbocycles. The maximum atomic E-state index is 12.9. The summed E-state index contributed by atoms with van der Waals surface area (Å²) < 4.78 is 5.37. The molecule has 2 aromatic heterocycles. The van der Waals surface area contributed by atoms with E-state index in [0.29, 0.717) is 42.6 Å². The summed E-state index contributed by atoms with van der Waals surface area (Å²) >= 11 is 1.45. The highest BCUT2D eigenvalue weighted by molar-refractivity contribution is 7.15. The van der Waals surface area contributed by atoms with Crippen LogP contribution in [-0.4, -0.2) is 46.9 Å². The maximum absolute atomic E-state index is 12.9. The van der Waals surface area contributed by atoms with Crippen molar-refractivity contribution in [3.05, 3.63) is 63.3 Å². The van der Waals surface area contributed by atoms with Gasteiger partial charge in [-0.2, -0.15) is 0 Å². The number of carbonyl (C=O) groups excluding carboxylic acids is 1. The van der Waals surface area contributed by atoms with Crippen molar-refractivity contribution in [1.82, 2.24) is 9.88 Å². The number of hydrogen-bond donors (Lipinski definition) is 0. The summed E-state index contributed by atoms with van der Waals surface area (Å²) in [5.41, 5.74) is 1.46. The first kappa shape index (κ1) is 18.2. The quantitative estimate of drug-likeness (QED) is 0.493. The number of rotatable bonds is 4. The number of nitro benzene ring substituents is 1. The molecular weight excluding hydrogens is 380 g/mol. The van der Waals surface area contributed by atoms with Gasteiger partial charge in [-0.05, 0) is 31.2 Å². The Kier molecular flexibility index (Phi) is 4.82. The molecule has 0 radical (unpaired) electrons. The number of nitrogens with zero attached hydrogens (tertiary/aromatic N) is 4. The maximum Gasteiger partial charge on any atom is 0.273 e. The molecule has 1 aliphatic rings. The molecule has 1 aliphatic heterocycles. The summed E-state index contributed by atoms with van der Waals surface area (Å²) in [6.07, 6.45) is 1.59. The first-order chi connectivity index (χ1) is 13.5. The van der Waals surface area contributed by atoms with E-state index in [9.17, 15) is 14.9 Å². The second-order valence-corrected chi connectivity index (χ2v) is 7.66. The van der Waals surface area contributed by atoms with Crippen molar-refractivity contribution in [3.63, 3.8) is 0 Å². The van der Waals surface area contributed by atoms with Gasteiger partial charge in [-0.25, -0.2) is 4.98 Å². The monoisotopic (exact) mass is 398 g/mol. The number of anilines is 1. The van der Waals surface area contributed by atoms with E-state index in [1.807, 2.05) is 13.0 Å². The van der Waals surface area contributed by atoms with Crippen LogP contribution >= 0.6 is 11.3 Å². The number of nitro groups is 1. The Morgan fingerprint density at radius 3 is 2.50 bits per heavy atom. The van der Waals surface area contributed by atoms with Crippen LogP contribution in [0, 0.1) is 17.0 Å². The minimum atomic E-state index is -0.409. The second kappa shape index (κ2) is 7.43. The molecule has 0 aliphatic carbocycles. The number of non-ortho nitro benzene ring substituents is 1. The van der Waals surface area contributed by atoms with Crippen LogP contribution in [0.5, 0.6) is 0 Å². The molecule has 1 saturated heterocycles. The van der Waals surface area contributed by atoms with Gasteiger partial charge in [0.2, 0.25) is 0 Å². The molecule has 0 N–H and O–H groups in total. The third-order valence-corrected chi connectivity index (χ3v) is 5.71. The molecule has 144 valence electrons. The molecule has 0 unspecified atom stereocenters. The van der Waals surface area contributed by atoms with E-state index in [2.05, 4.69) is 9.88 Å². The highest BCUT2D eigenvalue weighted by Crippen LogP contribution is 2.29. The molecule has 8 nitrogen and oxygen atoms in total. The van der Waals surface area contributed by atoms with Crippen molar-refractivity contribution in [3.8, 4) is 10.8 Å². The smallest absolute Gasteiger partial charge is 0.273 e. The fraction of sp³-hybridized carbons (Fsp3) is 0.263. The van der Waals surface area contributed by atoms with Crippen molar-refractivity contribution in [1.29, 1.82) is 0 Å². The molecular formula is C19H18N4O4S. The van der Waals surface area contributed by atoms with E-state index in [0.717, 1.165) is 10.6 Å². The number of amides is 1. The lowest BCUT2D eigenvalue weighted by Gasteiger charge is -2.35. The Labute approximate surface area is 165 Å². The molecule has 1 amide bonds. The Morgan fingerprint density at radius 2 is 1.89 bits per heavy atom. The van der Waals surface area contributed by atoms with Gasteiger partial charge in [0, 0.05) is 48.9 Å². The van der Waals surface area contributed by atoms with Gasteiger partial charge in [-0.3, -0.25) is 14.9 Å². The highest BCUT2D eigenvalue weighted by atomic mass is 32.1. The number of furan rings is 1. The molecule has 28 heavy (non-hydrogen) atoms. The van der Waals surface area contributed by atoms with Crippen LogP contribution in [0.1, 0.15) is 15.4 Å². The van der Waals surface area contributed by atoms with Gasteiger partial charge in [-0.1, -0.05) is 0 Å². The number of piperazine rings is 1. The third kappa shape index (κ3) is 3.48. The number of hydrogen-bond acceptors (Lipinski definition) is 7. The summed E-state index contributed by atoms with van der Waals surface area (Å²) in [7, 11) is 0. The van der Waals surface area contributed by atoms with Crippen molar-refractivity contribution in [2.45, 2.75) is 6.92 Å². The number of thiazole rings is 1. The molecule has 0 atom stereocenters. The average molecular weight is 398 g/mol. The lowest BCUT2D eigenvalue weighted by atomic mass is 10.2. The standard InChI is InChI=1S/C19H18N4O4S/c1-13-17(20-18(28-13)16-3-2-12-27-16)19(24)22-10-8-21(9-11-22)14-4-6-15(7-5-14)23(25)26/h2-7,12H,8-11H2,1H3. The molecule has 1 fully saturated rings. The van der Waals surface area contributed by atoms with Crippen molar-refractivity contribution < 1.29 is 14.1 Å². The van der Waals surface area contributed by atoms with E-state index in [1.54, 1.807) is 29.4 Å². The van der Waals surface area contributed by atoms with Crippen molar-refractivity contribution in [2.75, 3.05) is 31.1 Å². The first-order valence-corrected chi connectivity index (χ1v) is 9.64. The van der Waals surface area contributed by atoms with Gasteiger partial charge in [0.25, 0.3) is 11.6 Å². The van der Waals surface area contributed by atoms with E-state index in [4.69, 9.17) is 4.42 Å². The summed E-state index contributed by atoms with van der Waals surface area (Å²) in [6.45, 7) is 4.37. The molecule has 9 heteroatoms. The van der Waals surface area contributed by atoms with Gasteiger partial charge in [-0.15, -0.1) is 11.3 Å². The summed E-state index contributed by atoms with van der Waals surface area (Å²) in [4.78, 5) is 32.6. The van der Waals surface area contributed by atoms with Crippen molar-refractivity contribution in [2.24, 2.45) is 0 Å². The van der Waals surface area contributed by atoms with Crippen LogP contribution in [0.2, 0.25) is 0 Å².